The molecule has 2 N–H and O–H groups in total. The summed E-state index contributed by atoms with van der Waals surface area (Å²) in [6, 6.07) is 0. The molecule has 0 rings (SSSR count). The molecule has 0 radical (unpaired) electrons. The van der Waals surface area contributed by atoms with E-state index in [4.69, 9.17) is 10.2 Å². The van der Waals surface area contributed by atoms with Crippen molar-refractivity contribution in [1.29, 1.82) is 0 Å². The summed E-state index contributed by atoms with van der Waals surface area (Å²) in [5.74, 6) is -1.06. The lowest BCUT2D eigenvalue weighted by Crippen LogP contribution is -2.03. The van der Waals surface area contributed by atoms with Crippen molar-refractivity contribution < 1.29 is 15.0 Å². The molecular formula is C5H8O3. The molecule has 0 amide bonds. The highest BCUT2D eigenvalue weighted by Crippen LogP contribution is 1.89. The van der Waals surface area contributed by atoms with Gasteiger partial charge in [0.15, 0.2) is 0 Å². The molecule has 0 aliphatic heterocycles. The van der Waals surface area contributed by atoms with Gasteiger partial charge >= 0.3 is 5.97 Å². The van der Waals surface area contributed by atoms with Crippen LogP contribution in [-0.4, -0.2) is 22.8 Å². The zero-order chi connectivity index (χ0) is 6.57. The van der Waals surface area contributed by atoms with Crippen LogP contribution in [0.2, 0.25) is 0 Å². The van der Waals surface area contributed by atoms with Crippen molar-refractivity contribution in [2.24, 2.45) is 0 Å². The summed E-state index contributed by atoms with van der Waals surface area (Å²) in [4.78, 5) is 9.93. The molecular weight excluding hydrogens is 108 g/mol. The summed E-state index contributed by atoms with van der Waals surface area (Å²) < 4.78 is 0. The molecule has 3 heteroatoms. The number of carboxylic acid groups (broad SMARTS) is 1. The summed E-state index contributed by atoms with van der Waals surface area (Å²) in [5.41, 5.74) is 0.0324. The third kappa shape index (κ3) is 1.75. The van der Waals surface area contributed by atoms with Gasteiger partial charge in [-0.2, -0.15) is 0 Å². The number of allylic oxidation sites excluding steroid dienone is 1. The summed E-state index contributed by atoms with van der Waals surface area (Å²) in [6.45, 7) is 1.17. The van der Waals surface area contributed by atoms with E-state index in [1.54, 1.807) is 6.92 Å². The highest BCUT2D eigenvalue weighted by molar-refractivity contribution is 5.86. The first-order valence-corrected chi connectivity index (χ1v) is 2.21. The van der Waals surface area contributed by atoms with E-state index < -0.39 is 12.6 Å². The molecule has 0 aliphatic rings. The summed E-state index contributed by atoms with van der Waals surface area (Å²) in [7, 11) is 0. The van der Waals surface area contributed by atoms with Crippen LogP contribution >= 0.6 is 0 Å². The molecule has 8 heavy (non-hydrogen) atoms. The van der Waals surface area contributed by atoms with Crippen LogP contribution in [0.15, 0.2) is 11.6 Å². The van der Waals surface area contributed by atoms with Crippen molar-refractivity contribution in [3.05, 3.63) is 11.6 Å². The number of aliphatic carboxylic acids is 1. The smallest absolute Gasteiger partial charge is 0.333 e. The van der Waals surface area contributed by atoms with E-state index in [-0.39, 0.29) is 5.57 Å². The first-order valence-electron chi connectivity index (χ1n) is 2.21. The standard InChI is InChI=1S/C5H8O3/c1-2-4(3-6)5(7)8/h2,6H,3H2,1H3,(H,7,8)/b4-2-. The molecule has 0 aromatic rings. The Bertz CT molecular complexity index is 115. The van der Waals surface area contributed by atoms with Crippen molar-refractivity contribution in [3.63, 3.8) is 0 Å². The van der Waals surface area contributed by atoms with Crippen LogP contribution in [-0.2, 0) is 4.79 Å². The Morgan fingerprint density at radius 2 is 2.25 bits per heavy atom. The van der Waals surface area contributed by atoms with Gasteiger partial charge < -0.3 is 10.2 Å². The van der Waals surface area contributed by atoms with E-state index in [1.807, 2.05) is 0 Å². The lowest BCUT2D eigenvalue weighted by Gasteiger charge is -1.90. The minimum absolute atomic E-state index is 0.0324. The predicted octanol–water partition coefficient (Wildman–Crippen LogP) is 0.00960. The van der Waals surface area contributed by atoms with Gasteiger partial charge in [-0.15, -0.1) is 0 Å². The SMILES string of the molecule is C/C=C(/CO)C(=O)O. The van der Waals surface area contributed by atoms with Crippen molar-refractivity contribution in [2.75, 3.05) is 6.61 Å². The highest BCUT2D eigenvalue weighted by atomic mass is 16.4. The Labute approximate surface area is 47.3 Å². The molecule has 0 saturated carbocycles. The maximum absolute atomic E-state index is 9.93. The molecule has 0 bridgehead atoms. The van der Waals surface area contributed by atoms with Gasteiger partial charge in [0, 0.05) is 0 Å². The van der Waals surface area contributed by atoms with Gasteiger partial charge in [0.05, 0.1) is 12.2 Å². The lowest BCUT2D eigenvalue weighted by molar-refractivity contribution is -0.133. The van der Waals surface area contributed by atoms with E-state index in [2.05, 4.69) is 0 Å². The van der Waals surface area contributed by atoms with Crippen molar-refractivity contribution in [1.82, 2.24) is 0 Å². The van der Waals surface area contributed by atoms with Crippen LogP contribution in [0, 0.1) is 0 Å². The van der Waals surface area contributed by atoms with E-state index >= 15 is 0 Å². The number of hydrogen-bond acceptors (Lipinski definition) is 2. The first kappa shape index (κ1) is 7.17. The van der Waals surface area contributed by atoms with Crippen LogP contribution in [0.25, 0.3) is 0 Å². The fraction of sp³-hybridized carbons (Fsp3) is 0.400. The number of carbonyl (C=O) groups is 1. The molecule has 0 aromatic carbocycles. The summed E-state index contributed by atoms with van der Waals surface area (Å²) >= 11 is 0. The summed E-state index contributed by atoms with van der Waals surface area (Å²) in [6.07, 6.45) is 1.36. The first-order chi connectivity index (χ1) is 3.72. The average Bonchev–Trinajstić information content (AvgIpc) is 1.69. The largest absolute Gasteiger partial charge is 0.478 e. The van der Waals surface area contributed by atoms with E-state index in [0.29, 0.717) is 0 Å². The zero-order valence-electron chi connectivity index (χ0n) is 4.59. The fourth-order valence-corrected chi connectivity index (χ4v) is 0.282. The second-order valence-corrected chi connectivity index (χ2v) is 1.28. The monoisotopic (exact) mass is 116 g/mol. The van der Waals surface area contributed by atoms with Gasteiger partial charge in [0.2, 0.25) is 0 Å². The maximum atomic E-state index is 9.93. The number of rotatable bonds is 2. The lowest BCUT2D eigenvalue weighted by atomic mass is 10.3. The van der Waals surface area contributed by atoms with Gasteiger partial charge in [0.1, 0.15) is 0 Å². The molecule has 0 unspecified atom stereocenters. The van der Waals surface area contributed by atoms with Crippen molar-refractivity contribution in [3.8, 4) is 0 Å². The maximum Gasteiger partial charge on any atom is 0.333 e. The third-order valence-electron chi connectivity index (χ3n) is 0.794. The topological polar surface area (TPSA) is 57.5 Å². The van der Waals surface area contributed by atoms with E-state index in [9.17, 15) is 4.79 Å². The minimum atomic E-state index is -1.06. The fourth-order valence-electron chi connectivity index (χ4n) is 0.282. The van der Waals surface area contributed by atoms with E-state index in [0.717, 1.165) is 0 Å². The number of aliphatic hydroxyl groups excluding tert-OH is 1. The van der Waals surface area contributed by atoms with Crippen LogP contribution in [0.4, 0.5) is 0 Å². The molecule has 3 nitrogen and oxygen atoms in total. The molecule has 0 spiro atoms. The third-order valence-corrected chi connectivity index (χ3v) is 0.794. The molecule has 0 fully saturated rings. The van der Waals surface area contributed by atoms with Gasteiger partial charge in [0.25, 0.3) is 0 Å². The number of hydrogen-bond donors (Lipinski definition) is 2. The Kier molecular flexibility index (Phi) is 2.88. The average molecular weight is 116 g/mol. The van der Waals surface area contributed by atoms with Crippen LogP contribution < -0.4 is 0 Å². The Balaban J connectivity index is 3.92. The van der Waals surface area contributed by atoms with Gasteiger partial charge in [-0.3, -0.25) is 0 Å². The second-order valence-electron chi connectivity index (χ2n) is 1.28. The molecule has 46 valence electrons. The van der Waals surface area contributed by atoms with E-state index in [1.165, 1.54) is 6.08 Å². The number of aliphatic hydroxyl groups is 1. The Hall–Kier alpha value is -0.830. The van der Waals surface area contributed by atoms with Crippen LogP contribution in [0.1, 0.15) is 6.92 Å². The molecule has 0 atom stereocenters. The van der Waals surface area contributed by atoms with Gasteiger partial charge in [-0.1, -0.05) is 6.08 Å². The number of carboxylic acids is 1. The highest BCUT2D eigenvalue weighted by Gasteiger charge is 2.00. The Morgan fingerprint density at radius 1 is 1.75 bits per heavy atom. The molecule has 0 heterocycles. The van der Waals surface area contributed by atoms with Gasteiger partial charge in [-0.05, 0) is 6.92 Å². The second kappa shape index (κ2) is 3.21. The molecule has 0 aromatic heterocycles. The minimum Gasteiger partial charge on any atom is -0.478 e. The molecule has 0 saturated heterocycles. The summed E-state index contributed by atoms with van der Waals surface area (Å²) in [5, 5.41) is 16.4. The molecule has 0 aliphatic carbocycles. The normalized spacial score (nSPS) is 11.5. The van der Waals surface area contributed by atoms with Gasteiger partial charge in [-0.25, -0.2) is 4.79 Å². The van der Waals surface area contributed by atoms with Crippen LogP contribution in [0.5, 0.6) is 0 Å². The van der Waals surface area contributed by atoms with Crippen LogP contribution in [0.3, 0.4) is 0 Å². The predicted molar refractivity (Wildman–Crippen MR) is 28.5 cm³/mol. The quantitative estimate of drug-likeness (QED) is 0.499. The van der Waals surface area contributed by atoms with Crippen molar-refractivity contribution in [2.45, 2.75) is 6.92 Å². The Morgan fingerprint density at radius 3 is 2.25 bits per heavy atom. The van der Waals surface area contributed by atoms with Crippen molar-refractivity contribution >= 4 is 5.97 Å². The zero-order valence-corrected chi connectivity index (χ0v) is 4.59.